The predicted octanol–water partition coefficient (Wildman–Crippen LogP) is -2.55. The second-order valence-corrected chi connectivity index (χ2v) is 4.23. The van der Waals surface area contributed by atoms with Crippen LogP contribution in [0.15, 0.2) is 0 Å². The van der Waals surface area contributed by atoms with E-state index >= 15 is 0 Å². The molecule has 0 amide bonds. The Bertz CT molecular complexity index is 357. The van der Waals surface area contributed by atoms with Gasteiger partial charge in [0, 0.05) is 34.1 Å². The first-order valence-electron chi connectivity index (χ1n) is 2.18. The molecule has 0 aliphatic rings. The van der Waals surface area contributed by atoms with Crippen LogP contribution in [0.2, 0.25) is 0 Å². The summed E-state index contributed by atoms with van der Waals surface area (Å²) >= 11 is 0. The fourth-order valence-corrected chi connectivity index (χ4v) is 0. The van der Waals surface area contributed by atoms with Gasteiger partial charge in [-0.1, -0.05) is 0 Å². The molecule has 123 valence electrons. The zero-order chi connectivity index (χ0) is 13.5. The maximum absolute atomic E-state index is 8.88. The van der Waals surface area contributed by atoms with Crippen molar-refractivity contribution in [1.82, 2.24) is 0 Å². The second kappa shape index (κ2) is 19.5. The van der Waals surface area contributed by atoms with Crippen molar-refractivity contribution in [2.45, 2.75) is 0 Å². The van der Waals surface area contributed by atoms with Crippen LogP contribution in [-0.4, -0.2) is 125 Å². The van der Waals surface area contributed by atoms with E-state index in [1.54, 1.807) is 0 Å². The Morgan fingerprint density at radius 2 is 0.737 bits per heavy atom. The van der Waals surface area contributed by atoms with Crippen LogP contribution in [0.4, 0.5) is 0 Å². The smallest absolute Gasteiger partial charge is 1.00 e. The Kier molecular flexibility index (Phi) is 44.3. The van der Waals surface area contributed by atoms with Gasteiger partial charge in [-0.2, -0.15) is 16.8 Å². The maximum Gasteiger partial charge on any atom is 2.00 e. The summed E-state index contributed by atoms with van der Waals surface area (Å²) in [5.74, 6) is 0. The average Bonchev–Trinajstić information content (AvgIpc) is 1.41. The van der Waals surface area contributed by atoms with Gasteiger partial charge in [0.2, 0.25) is 0 Å². The summed E-state index contributed by atoms with van der Waals surface area (Å²) in [5, 5.41) is 0. The molecule has 0 aliphatic carbocycles. The van der Waals surface area contributed by atoms with E-state index in [4.69, 9.17) is 54.3 Å². The van der Waals surface area contributed by atoms with Gasteiger partial charge in [-0.15, -0.1) is 0 Å². The van der Waals surface area contributed by atoms with Gasteiger partial charge in [0.25, 0.3) is 0 Å². The van der Waals surface area contributed by atoms with Gasteiger partial charge in [-0.3, -0.25) is 18.2 Å². The van der Waals surface area contributed by atoms with Crippen LogP contribution >= 0.6 is 7.82 Å². The third kappa shape index (κ3) is 694. The molecule has 0 aromatic carbocycles. The average molecular weight is 498 g/mol. The third-order valence-corrected chi connectivity index (χ3v) is 0. The Labute approximate surface area is 195 Å². The molecule has 19 heavy (non-hydrogen) atoms. The molecule has 0 aromatic rings. The summed E-state index contributed by atoms with van der Waals surface area (Å²) in [6, 6.07) is 0. The molecular weight excluding hydrogens is 487 g/mol. The Balaban J connectivity index is -0.00000000889. The Morgan fingerprint density at radius 3 is 0.737 bits per heavy atom. The van der Waals surface area contributed by atoms with Crippen molar-refractivity contribution in [3.05, 3.63) is 0 Å². The van der Waals surface area contributed by atoms with Gasteiger partial charge in [0.15, 0.2) is 0 Å². The summed E-state index contributed by atoms with van der Waals surface area (Å²) in [5.41, 5.74) is 0. The van der Waals surface area contributed by atoms with Crippen LogP contribution in [0.25, 0.3) is 0 Å². The zero-order valence-corrected chi connectivity index (χ0v) is 17.5. The molecule has 0 rings (SSSR count). The van der Waals surface area contributed by atoms with Crippen molar-refractivity contribution in [3.8, 4) is 0 Å². The van der Waals surface area contributed by atoms with Crippen molar-refractivity contribution in [1.29, 1.82) is 0 Å². The summed E-state index contributed by atoms with van der Waals surface area (Å²) in [4.78, 5) is 21.6. The Hall–Kier alpha value is 3.41. The molecule has 0 spiro atoms. The first-order chi connectivity index (χ1) is 6.00. The van der Waals surface area contributed by atoms with Crippen LogP contribution in [0.5, 0.6) is 0 Å². The van der Waals surface area contributed by atoms with E-state index in [-0.39, 0.29) is 115 Å². The molecule has 0 unspecified atom stereocenters. The van der Waals surface area contributed by atoms with Crippen LogP contribution in [0.1, 0.15) is 5.71 Å². The molecule has 7 N–H and O–H groups in total. The van der Waals surface area contributed by atoms with Crippen molar-refractivity contribution in [2.75, 3.05) is 0 Å². The molecule has 0 bridgehead atoms. The summed E-state index contributed by atoms with van der Waals surface area (Å²) < 4.78 is 72.0. The van der Waals surface area contributed by atoms with Crippen LogP contribution < -0.4 is 0 Å². The van der Waals surface area contributed by atoms with Crippen molar-refractivity contribution in [2.24, 2.45) is 0 Å². The zero-order valence-electron chi connectivity index (χ0n) is 12.5. The maximum atomic E-state index is 8.88. The van der Waals surface area contributed by atoms with Crippen LogP contribution in [0, 0.1) is 0 Å². The van der Waals surface area contributed by atoms with E-state index in [9.17, 15) is 0 Å². The molecule has 19 heteroatoms. The van der Waals surface area contributed by atoms with Gasteiger partial charge in [0.05, 0.1) is 0 Å². The number of hydrogen-bond donors (Lipinski definition) is 7. The minimum Gasteiger partial charge on any atom is -1.00 e. The van der Waals surface area contributed by atoms with E-state index in [0.717, 1.165) is 0 Å². The molecule has 0 heterocycles. The van der Waals surface area contributed by atoms with E-state index in [2.05, 4.69) is 0 Å². The fourth-order valence-electron chi connectivity index (χ4n) is 0. The number of phosphoric acid groups is 1. The predicted molar refractivity (Wildman–Crippen MR) is 58.6 cm³/mol. The minimum absolute atomic E-state index is 0. The molecule has 1 radical (unpaired) electrons. The van der Waals surface area contributed by atoms with Gasteiger partial charge >= 0.3 is 104 Å². The quantitative estimate of drug-likeness (QED) is 0.104. The molecule has 0 aliphatic heterocycles. The van der Waals surface area contributed by atoms with Crippen molar-refractivity contribution < 1.29 is 94.1 Å². The fraction of sp³-hybridized carbons (Fsp3) is 0. The minimum atomic E-state index is -4.67. The standard InChI is InChI=1S/2Ca.Cu.Fe.H3O4P.2H2O4S.4H/c;;;;3*1-5(2,3)4;;;;/h;;;;(H3,1,2,3,4);2*(H2,1,2,3,4);;;;/q2*+2;;;;;;4*-1. The first-order valence-corrected chi connectivity index (χ1v) is 6.54. The normalized spacial score (nSPS) is 9.21. The van der Waals surface area contributed by atoms with Gasteiger partial charge in [0.1, 0.15) is 0 Å². The van der Waals surface area contributed by atoms with E-state index in [0.29, 0.717) is 0 Å². The molecule has 12 nitrogen and oxygen atoms in total. The van der Waals surface area contributed by atoms with Gasteiger partial charge in [-0.25, -0.2) is 4.57 Å². The molecule has 0 saturated heterocycles. The Morgan fingerprint density at radius 1 is 0.737 bits per heavy atom. The van der Waals surface area contributed by atoms with Crippen molar-refractivity contribution >= 4 is 104 Å². The SMILES string of the molecule is O=P(O)(O)O.O=S(=O)(O)O.O=S(=O)(O)O.[Ca+2].[Ca+2].[Cu].[Fe].[H-].[H-].[H-].[H-]. The van der Waals surface area contributed by atoms with Gasteiger partial charge in [-0.05, 0) is 0 Å². The van der Waals surface area contributed by atoms with E-state index in [1.807, 2.05) is 0 Å². The molecule has 0 saturated carbocycles. The molecule has 0 atom stereocenters. The summed E-state index contributed by atoms with van der Waals surface area (Å²) in [7, 11) is -14.0. The van der Waals surface area contributed by atoms with Crippen molar-refractivity contribution in [3.63, 3.8) is 0 Å². The molecule has 0 fully saturated rings. The largest absolute Gasteiger partial charge is 2.00 e. The monoisotopic (exact) mass is 497 g/mol. The first kappa shape index (κ1) is 43.3. The second-order valence-electron chi connectivity index (χ2n) is 1.41. The van der Waals surface area contributed by atoms with E-state index < -0.39 is 28.6 Å². The van der Waals surface area contributed by atoms with Crippen LogP contribution in [-0.2, 0) is 59.5 Å². The van der Waals surface area contributed by atoms with Crippen LogP contribution in [0.3, 0.4) is 0 Å². The number of rotatable bonds is 0. The number of hydrogen-bond acceptors (Lipinski definition) is 5. The van der Waals surface area contributed by atoms with Gasteiger partial charge < -0.3 is 20.4 Å². The summed E-state index contributed by atoms with van der Waals surface area (Å²) in [6.07, 6.45) is 0. The molecular formula is H11Ca2CuFeO12PS2. The topological polar surface area (TPSA) is 227 Å². The third-order valence-electron chi connectivity index (χ3n) is 0. The van der Waals surface area contributed by atoms with E-state index in [1.165, 1.54) is 0 Å². The summed E-state index contributed by atoms with van der Waals surface area (Å²) in [6.45, 7) is 0. The molecule has 0 aromatic heterocycles.